The maximum Gasteiger partial charge on any atom is 0.189 e. The Kier molecular flexibility index (Phi) is 14.6. The molecule has 7 N–H and O–H groups in total. The van der Waals surface area contributed by atoms with E-state index in [0.29, 0.717) is 5.11 Å². The Morgan fingerprint density at radius 2 is 1.41 bits per heavy atom. The van der Waals surface area contributed by atoms with E-state index in [2.05, 4.69) is 17.6 Å². The molecule has 4 bridgehead atoms. The van der Waals surface area contributed by atoms with Crippen molar-refractivity contribution in [3.05, 3.63) is 12.2 Å². The maximum absolute atomic E-state index is 11.2. The highest BCUT2D eigenvalue weighted by Gasteiger charge is 2.51. The minimum Gasteiger partial charge on any atom is -0.394 e. The Morgan fingerprint density at radius 1 is 0.864 bits per heavy atom. The van der Waals surface area contributed by atoms with Crippen LogP contribution in [0.4, 0.5) is 0 Å². The summed E-state index contributed by atoms with van der Waals surface area (Å²) in [6.07, 6.45) is 16.4. The van der Waals surface area contributed by atoms with Crippen molar-refractivity contribution < 1.29 is 35.0 Å². The summed E-state index contributed by atoms with van der Waals surface area (Å²) in [5.74, 6) is 2.21. The van der Waals surface area contributed by atoms with Gasteiger partial charge in [0.15, 0.2) is 17.6 Å². The maximum atomic E-state index is 11.2. The summed E-state index contributed by atoms with van der Waals surface area (Å²) in [6, 6.07) is 0. The van der Waals surface area contributed by atoms with Crippen LogP contribution < -0.4 is 10.6 Å². The summed E-state index contributed by atoms with van der Waals surface area (Å²) in [5.41, 5.74) is -0.0393. The van der Waals surface area contributed by atoms with Crippen molar-refractivity contribution in [2.24, 2.45) is 17.8 Å². The Morgan fingerprint density at radius 3 is 1.95 bits per heavy atom. The van der Waals surface area contributed by atoms with Crippen molar-refractivity contribution in [2.75, 3.05) is 6.61 Å². The highest BCUT2D eigenvalue weighted by molar-refractivity contribution is 7.80. The Balaban J connectivity index is 1.26. The van der Waals surface area contributed by atoms with Gasteiger partial charge in [-0.2, -0.15) is 0 Å². The molecule has 1 heterocycles. The molecule has 9 nitrogen and oxygen atoms in total. The van der Waals surface area contributed by atoms with Gasteiger partial charge in [-0.25, -0.2) is 0 Å². The van der Waals surface area contributed by atoms with Crippen LogP contribution in [-0.4, -0.2) is 85.8 Å². The molecule has 0 aromatic rings. The van der Waals surface area contributed by atoms with E-state index in [1.807, 2.05) is 6.08 Å². The fraction of sp³-hybridized carbons (Fsp3) is 0.912. The van der Waals surface area contributed by atoms with Crippen molar-refractivity contribution >= 4 is 17.3 Å². The molecule has 44 heavy (non-hydrogen) atoms. The molecule has 4 aliphatic carbocycles. The van der Waals surface area contributed by atoms with E-state index in [-0.39, 0.29) is 5.54 Å². The molecule has 0 aromatic carbocycles. The van der Waals surface area contributed by atoms with Gasteiger partial charge in [-0.15, -0.1) is 0 Å². The summed E-state index contributed by atoms with van der Waals surface area (Å²) < 4.78 is 11.6. The third-order valence-corrected chi connectivity index (χ3v) is 10.7. The lowest BCUT2D eigenvalue weighted by molar-refractivity contribution is -0.316. The molecule has 10 heteroatoms. The van der Waals surface area contributed by atoms with Gasteiger partial charge in [0.25, 0.3) is 0 Å². The summed E-state index contributed by atoms with van der Waals surface area (Å²) >= 11 is 5.74. The normalized spacial score (nSPS) is 36.0. The molecule has 5 rings (SSSR count). The van der Waals surface area contributed by atoms with Gasteiger partial charge in [0.1, 0.15) is 30.5 Å². The molecule has 7 atom stereocenters. The molecule has 1 aliphatic heterocycles. The lowest BCUT2D eigenvalue weighted by Gasteiger charge is -2.57. The first-order chi connectivity index (χ1) is 21.2. The van der Waals surface area contributed by atoms with Crippen molar-refractivity contribution in [1.29, 1.82) is 0 Å². The molecule has 5 fully saturated rings. The molecule has 1 saturated heterocycles. The number of unbranched alkanes of at least 4 members (excludes halogenated alkanes) is 11. The number of rotatable bonds is 19. The minimum absolute atomic E-state index is 0.0393. The number of nitrogens with one attached hydrogen (secondary N) is 2. The van der Waals surface area contributed by atoms with E-state index in [9.17, 15) is 25.5 Å². The van der Waals surface area contributed by atoms with Crippen LogP contribution in [0, 0.1) is 17.8 Å². The van der Waals surface area contributed by atoms with E-state index in [0.717, 1.165) is 56.3 Å². The van der Waals surface area contributed by atoms with E-state index >= 15 is 0 Å². The standard InChI is InChI=1S/C34H60N2O7S/c1-2-3-4-5-6-7-8-9-10-11-12-13-14-15-26(38)31(43-32-30(41)29(40)28(39)27(22-37)42-32)35-33(44)36-34-19-23-16-24(20-34)18-25(17-23)21-34/h14-15,23-32,37-41H,2-13,16-22H2,1H3,(H2,35,36,44)/b15-14-/t23?,24?,25?,26?,27-,28-,29+,30-,31?,32+,34?/m1/s1. The van der Waals surface area contributed by atoms with Crippen molar-refractivity contribution in [2.45, 2.75) is 171 Å². The number of thiocarbonyl (C=S) groups is 1. The van der Waals surface area contributed by atoms with E-state index in [1.54, 1.807) is 6.08 Å². The van der Waals surface area contributed by atoms with Gasteiger partial charge < -0.3 is 45.6 Å². The third kappa shape index (κ3) is 10.3. The van der Waals surface area contributed by atoms with Crippen molar-refractivity contribution in [3.8, 4) is 0 Å². The zero-order chi connectivity index (χ0) is 31.5. The first-order valence-corrected chi connectivity index (χ1v) is 18.0. The molecule has 0 radical (unpaired) electrons. The summed E-state index contributed by atoms with van der Waals surface area (Å²) in [5, 5.41) is 58.9. The summed E-state index contributed by atoms with van der Waals surface area (Å²) in [7, 11) is 0. The molecular formula is C34H60N2O7S. The van der Waals surface area contributed by atoms with Gasteiger partial charge >= 0.3 is 0 Å². The van der Waals surface area contributed by atoms with Crippen molar-refractivity contribution in [1.82, 2.24) is 10.6 Å². The lowest BCUT2D eigenvalue weighted by Crippen LogP contribution is -2.64. The number of ether oxygens (including phenoxy) is 2. The van der Waals surface area contributed by atoms with Gasteiger partial charge in [0.2, 0.25) is 0 Å². The average molecular weight is 641 g/mol. The van der Waals surface area contributed by atoms with Gasteiger partial charge in [-0.3, -0.25) is 0 Å². The van der Waals surface area contributed by atoms with E-state index in [1.165, 1.54) is 77.0 Å². The van der Waals surface area contributed by atoms with Crippen LogP contribution in [0.2, 0.25) is 0 Å². The fourth-order valence-electron chi connectivity index (χ4n) is 8.46. The van der Waals surface area contributed by atoms with Gasteiger partial charge in [0, 0.05) is 5.54 Å². The highest BCUT2D eigenvalue weighted by Crippen LogP contribution is 2.55. The molecule has 4 saturated carbocycles. The molecule has 2 unspecified atom stereocenters. The van der Waals surface area contributed by atoms with E-state index in [4.69, 9.17) is 21.7 Å². The SMILES string of the molecule is CCCCCCCCCCCCC/C=C\C(O)C(NC(=S)NC12CC3CC(CC(C3)C1)C2)O[C@@H]1O[C@H](CO)[C@@H](O)[C@H](O)[C@H]1O. The average Bonchev–Trinajstić information content (AvgIpc) is 2.98. The summed E-state index contributed by atoms with van der Waals surface area (Å²) in [6.45, 7) is 1.69. The van der Waals surface area contributed by atoms with Crippen LogP contribution in [0.25, 0.3) is 0 Å². The van der Waals surface area contributed by atoms with E-state index < -0.39 is 49.6 Å². The second kappa shape index (κ2) is 17.9. The number of aliphatic hydroxyl groups is 5. The largest absolute Gasteiger partial charge is 0.394 e. The van der Waals surface area contributed by atoms with Crippen LogP contribution >= 0.6 is 12.2 Å². The quantitative estimate of drug-likeness (QED) is 0.0476. The third-order valence-electron chi connectivity index (χ3n) is 10.4. The first-order valence-electron chi connectivity index (χ1n) is 17.6. The second-order valence-corrected chi connectivity index (χ2v) is 14.7. The Hall–Kier alpha value is -0.850. The fourth-order valence-corrected chi connectivity index (χ4v) is 8.79. The Bertz CT molecular complexity index is 854. The van der Waals surface area contributed by atoms with Crippen LogP contribution in [0.15, 0.2) is 12.2 Å². The van der Waals surface area contributed by atoms with Crippen LogP contribution in [0.1, 0.15) is 122 Å². The second-order valence-electron chi connectivity index (χ2n) is 14.3. The van der Waals surface area contributed by atoms with Crippen LogP contribution in [-0.2, 0) is 9.47 Å². The van der Waals surface area contributed by atoms with Gasteiger partial charge in [-0.1, -0.05) is 83.3 Å². The zero-order valence-corrected chi connectivity index (χ0v) is 27.6. The monoisotopic (exact) mass is 640 g/mol. The molecule has 5 aliphatic rings. The lowest BCUT2D eigenvalue weighted by atomic mass is 9.53. The van der Waals surface area contributed by atoms with Gasteiger partial charge in [-0.05, 0) is 81.3 Å². The van der Waals surface area contributed by atoms with Crippen molar-refractivity contribution in [3.63, 3.8) is 0 Å². The number of allylic oxidation sites excluding steroid dienone is 1. The molecule has 0 aromatic heterocycles. The molecule has 0 amide bonds. The van der Waals surface area contributed by atoms with Gasteiger partial charge in [0.05, 0.1) is 6.61 Å². The first kappa shape index (κ1) is 36.0. The molecule has 254 valence electrons. The molecule has 0 spiro atoms. The van der Waals surface area contributed by atoms with Crippen LogP contribution in [0.5, 0.6) is 0 Å². The number of hydrogen-bond donors (Lipinski definition) is 7. The zero-order valence-electron chi connectivity index (χ0n) is 26.8. The smallest absolute Gasteiger partial charge is 0.189 e. The number of hydrogen-bond acceptors (Lipinski definition) is 8. The number of aliphatic hydroxyl groups excluding tert-OH is 5. The Labute approximate surface area is 270 Å². The predicted octanol–water partition coefficient (Wildman–Crippen LogP) is 4.18. The predicted molar refractivity (Wildman–Crippen MR) is 175 cm³/mol. The highest BCUT2D eigenvalue weighted by atomic mass is 32.1. The minimum atomic E-state index is -1.57. The topological polar surface area (TPSA) is 144 Å². The molecular weight excluding hydrogens is 580 g/mol. The summed E-state index contributed by atoms with van der Waals surface area (Å²) in [4.78, 5) is 0. The van der Waals surface area contributed by atoms with Crippen LogP contribution in [0.3, 0.4) is 0 Å².